The van der Waals surface area contributed by atoms with Crippen molar-refractivity contribution in [3.8, 4) is 5.75 Å². The molecule has 2 aromatic rings. The predicted molar refractivity (Wildman–Crippen MR) is 93.7 cm³/mol. The van der Waals surface area contributed by atoms with Crippen LogP contribution in [-0.2, 0) is 11.3 Å². The fourth-order valence-corrected chi connectivity index (χ4v) is 2.24. The fraction of sp³-hybridized carbons (Fsp3) is 0.316. The molecule has 23 heavy (non-hydrogen) atoms. The van der Waals surface area contributed by atoms with Gasteiger partial charge in [-0.15, -0.1) is 0 Å². The first kappa shape index (κ1) is 17.0. The van der Waals surface area contributed by atoms with Gasteiger partial charge in [0.15, 0.2) is 0 Å². The summed E-state index contributed by atoms with van der Waals surface area (Å²) in [6, 6.07) is 15.5. The van der Waals surface area contributed by atoms with E-state index in [4.69, 9.17) is 4.74 Å². The van der Waals surface area contributed by atoms with Crippen LogP contribution in [0.1, 0.15) is 18.1 Å². The number of rotatable bonds is 6. The largest absolute Gasteiger partial charge is 0.497 e. The van der Waals surface area contributed by atoms with Crippen LogP contribution >= 0.6 is 0 Å². The van der Waals surface area contributed by atoms with Crippen molar-refractivity contribution in [2.45, 2.75) is 26.4 Å². The Balaban J connectivity index is 1.93. The fourth-order valence-electron chi connectivity index (χ4n) is 2.24. The van der Waals surface area contributed by atoms with Gasteiger partial charge in [-0.3, -0.25) is 9.69 Å². The van der Waals surface area contributed by atoms with Gasteiger partial charge in [0, 0.05) is 12.2 Å². The molecule has 0 spiro atoms. The SMILES string of the molecule is COc1ccc(CN(C)C(C)C(=O)Nc2ccc(C)cc2)cc1. The third-order valence-electron chi connectivity index (χ3n) is 3.95. The summed E-state index contributed by atoms with van der Waals surface area (Å²) in [7, 11) is 3.60. The van der Waals surface area contributed by atoms with Crippen molar-refractivity contribution in [3.05, 3.63) is 59.7 Å². The number of likely N-dealkylation sites (N-methyl/N-ethyl adjacent to an activating group) is 1. The number of aryl methyl sites for hydroxylation is 1. The van der Waals surface area contributed by atoms with Crippen molar-refractivity contribution in [2.24, 2.45) is 0 Å². The maximum atomic E-state index is 12.4. The minimum absolute atomic E-state index is 0.00938. The summed E-state index contributed by atoms with van der Waals surface area (Å²) in [5.74, 6) is 0.825. The van der Waals surface area contributed by atoms with E-state index in [2.05, 4.69) is 5.32 Å². The summed E-state index contributed by atoms with van der Waals surface area (Å²) in [6.07, 6.45) is 0. The molecule has 0 radical (unpaired) electrons. The Morgan fingerprint density at radius 2 is 1.74 bits per heavy atom. The highest BCUT2D eigenvalue weighted by atomic mass is 16.5. The Hall–Kier alpha value is -2.33. The summed E-state index contributed by atoms with van der Waals surface area (Å²) >= 11 is 0. The minimum atomic E-state index is -0.224. The molecule has 0 heterocycles. The molecule has 0 bridgehead atoms. The summed E-state index contributed by atoms with van der Waals surface area (Å²) in [6.45, 7) is 4.64. The lowest BCUT2D eigenvalue weighted by Gasteiger charge is -2.24. The monoisotopic (exact) mass is 312 g/mol. The van der Waals surface area contributed by atoms with Gasteiger partial charge >= 0.3 is 0 Å². The van der Waals surface area contributed by atoms with Crippen molar-refractivity contribution < 1.29 is 9.53 Å². The molecule has 1 amide bonds. The molecule has 4 nitrogen and oxygen atoms in total. The number of ether oxygens (including phenoxy) is 1. The van der Waals surface area contributed by atoms with E-state index < -0.39 is 0 Å². The number of benzene rings is 2. The van der Waals surface area contributed by atoms with Crippen LogP contribution in [0.4, 0.5) is 5.69 Å². The zero-order valence-electron chi connectivity index (χ0n) is 14.2. The number of hydrogen-bond acceptors (Lipinski definition) is 3. The highest BCUT2D eigenvalue weighted by molar-refractivity contribution is 5.94. The summed E-state index contributed by atoms with van der Waals surface area (Å²) in [4.78, 5) is 14.4. The molecule has 0 saturated carbocycles. The number of anilines is 1. The first-order valence-corrected chi connectivity index (χ1v) is 7.70. The van der Waals surface area contributed by atoms with Gasteiger partial charge in [0.2, 0.25) is 5.91 Å². The number of nitrogens with one attached hydrogen (secondary N) is 1. The molecular weight excluding hydrogens is 288 g/mol. The third-order valence-corrected chi connectivity index (χ3v) is 3.95. The molecule has 0 aromatic heterocycles. The number of amides is 1. The summed E-state index contributed by atoms with van der Waals surface area (Å²) in [5, 5.41) is 2.95. The maximum Gasteiger partial charge on any atom is 0.241 e. The summed E-state index contributed by atoms with van der Waals surface area (Å²) < 4.78 is 5.16. The Kier molecular flexibility index (Phi) is 5.77. The van der Waals surface area contributed by atoms with Gasteiger partial charge in [0.25, 0.3) is 0 Å². The van der Waals surface area contributed by atoms with Crippen LogP contribution in [0.3, 0.4) is 0 Å². The van der Waals surface area contributed by atoms with Gasteiger partial charge in [-0.1, -0.05) is 29.8 Å². The standard InChI is InChI=1S/C19H24N2O2/c1-14-5-9-17(10-6-14)20-19(22)15(2)21(3)13-16-7-11-18(23-4)12-8-16/h5-12,15H,13H2,1-4H3,(H,20,22). The molecule has 1 N–H and O–H groups in total. The van der Waals surface area contributed by atoms with Crippen molar-refractivity contribution in [3.63, 3.8) is 0 Å². The first-order valence-electron chi connectivity index (χ1n) is 7.70. The van der Waals surface area contributed by atoms with Crippen LogP contribution in [-0.4, -0.2) is 31.0 Å². The van der Waals surface area contributed by atoms with Gasteiger partial charge in [0.1, 0.15) is 5.75 Å². The van der Waals surface area contributed by atoms with Gasteiger partial charge in [0.05, 0.1) is 13.2 Å². The van der Waals surface area contributed by atoms with E-state index in [1.54, 1.807) is 7.11 Å². The van der Waals surface area contributed by atoms with Crippen LogP contribution in [0.5, 0.6) is 5.75 Å². The zero-order valence-corrected chi connectivity index (χ0v) is 14.2. The topological polar surface area (TPSA) is 41.6 Å². The van der Waals surface area contributed by atoms with E-state index in [0.717, 1.165) is 17.0 Å². The Morgan fingerprint density at radius 1 is 1.13 bits per heavy atom. The molecule has 0 aliphatic heterocycles. The predicted octanol–water partition coefficient (Wildman–Crippen LogP) is 3.46. The molecule has 2 rings (SSSR count). The molecule has 122 valence electrons. The normalized spacial score (nSPS) is 12.0. The van der Waals surface area contributed by atoms with Crippen molar-refractivity contribution in [2.75, 3.05) is 19.5 Å². The lowest BCUT2D eigenvalue weighted by Crippen LogP contribution is -2.39. The molecule has 0 aliphatic rings. The number of carbonyl (C=O) groups is 1. The van der Waals surface area contributed by atoms with Crippen molar-refractivity contribution >= 4 is 11.6 Å². The quantitative estimate of drug-likeness (QED) is 0.888. The van der Waals surface area contributed by atoms with Crippen molar-refractivity contribution in [1.29, 1.82) is 0 Å². The zero-order chi connectivity index (χ0) is 16.8. The highest BCUT2D eigenvalue weighted by Crippen LogP contribution is 2.14. The third kappa shape index (κ3) is 4.83. The molecule has 1 unspecified atom stereocenters. The van der Waals surface area contributed by atoms with Crippen LogP contribution in [0.15, 0.2) is 48.5 Å². The Bertz CT molecular complexity index is 635. The van der Waals surface area contributed by atoms with Gasteiger partial charge < -0.3 is 10.1 Å². The van der Waals surface area contributed by atoms with E-state index in [1.165, 1.54) is 5.56 Å². The second-order valence-electron chi connectivity index (χ2n) is 5.79. The van der Waals surface area contributed by atoms with Gasteiger partial charge in [-0.2, -0.15) is 0 Å². The van der Waals surface area contributed by atoms with Gasteiger partial charge in [-0.05, 0) is 50.7 Å². The maximum absolute atomic E-state index is 12.4. The number of methoxy groups -OCH3 is 1. The van der Waals surface area contributed by atoms with Gasteiger partial charge in [-0.25, -0.2) is 0 Å². The van der Waals surface area contributed by atoms with E-state index in [9.17, 15) is 4.79 Å². The molecule has 0 saturated heterocycles. The van der Waals surface area contributed by atoms with E-state index in [1.807, 2.05) is 74.3 Å². The van der Waals surface area contributed by atoms with Crippen molar-refractivity contribution in [1.82, 2.24) is 4.90 Å². The highest BCUT2D eigenvalue weighted by Gasteiger charge is 2.18. The second kappa shape index (κ2) is 7.79. The van der Waals surface area contributed by atoms with E-state index in [0.29, 0.717) is 6.54 Å². The average Bonchev–Trinajstić information content (AvgIpc) is 2.56. The molecule has 0 fully saturated rings. The Morgan fingerprint density at radius 3 is 2.30 bits per heavy atom. The number of nitrogens with zero attached hydrogens (tertiary/aromatic N) is 1. The number of carbonyl (C=O) groups excluding carboxylic acids is 1. The molecule has 0 aliphatic carbocycles. The van der Waals surface area contributed by atoms with E-state index in [-0.39, 0.29) is 11.9 Å². The van der Waals surface area contributed by atoms with Crippen LogP contribution in [0.2, 0.25) is 0 Å². The molecule has 4 heteroatoms. The first-order chi connectivity index (χ1) is 11.0. The second-order valence-corrected chi connectivity index (χ2v) is 5.79. The van der Waals surface area contributed by atoms with Crippen LogP contribution < -0.4 is 10.1 Å². The smallest absolute Gasteiger partial charge is 0.241 e. The molecular formula is C19H24N2O2. The van der Waals surface area contributed by atoms with Crippen LogP contribution in [0.25, 0.3) is 0 Å². The van der Waals surface area contributed by atoms with Crippen LogP contribution in [0, 0.1) is 6.92 Å². The summed E-state index contributed by atoms with van der Waals surface area (Å²) in [5.41, 5.74) is 3.14. The lowest BCUT2D eigenvalue weighted by molar-refractivity contribution is -0.120. The minimum Gasteiger partial charge on any atom is -0.497 e. The molecule has 2 aromatic carbocycles. The van der Waals surface area contributed by atoms with E-state index >= 15 is 0 Å². The Labute approximate surface area is 138 Å². The lowest BCUT2D eigenvalue weighted by atomic mass is 10.1. The molecule has 1 atom stereocenters. The number of hydrogen-bond donors (Lipinski definition) is 1. The average molecular weight is 312 g/mol.